The van der Waals surface area contributed by atoms with Crippen LogP contribution in [0.15, 0.2) is 34.7 Å². The number of nitrogens with zero attached hydrogens (tertiary/aromatic N) is 1. The topological polar surface area (TPSA) is 85.4 Å². The van der Waals surface area contributed by atoms with E-state index >= 15 is 0 Å². The Hall–Kier alpha value is -2.15. The van der Waals surface area contributed by atoms with Crippen LogP contribution < -0.4 is 5.32 Å². The molecule has 1 atom stereocenters. The van der Waals surface area contributed by atoms with Crippen LogP contribution in [0.3, 0.4) is 0 Å². The van der Waals surface area contributed by atoms with Crippen molar-refractivity contribution < 1.29 is 14.1 Å². The summed E-state index contributed by atoms with van der Waals surface area (Å²) in [5.41, 5.74) is 2.46. The fourth-order valence-corrected chi connectivity index (χ4v) is 2.86. The van der Waals surface area contributed by atoms with Crippen LogP contribution in [0.1, 0.15) is 32.1 Å². The van der Waals surface area contributed by atoms with E-state index in [-0.39, 0.29) is 16.6 Å². The van der Waals surface area contributed by atoms with Gasteiger partial charge >= 0.3 is 5.88 Å². The fourth-order valence-electron chi connectivity index (χ4n) is 2.33. The minimum Gasteiger partial charge on any atom is -0.404 e. The normalized spacial score (nSPS) is 15.2. The van der Waals surface area contributed by atoms with Gasteiger partial charge in [0.1, 0.15) is 10.7 Å². The fraction of sp³-hybridized carbons (Fsp3) is 0.214. The van der Waals surface area contributed by atoms with Gasteiger partial charge in [0.15, 0.2) is 0 Å². The molecule has 0 fully saturated rings. The summed E-state index contributed by atoms with van der Waals surface area (Å²) in [5.74, 6) is 0.0336. The summed E-state index contributed by atoms with van der Waals surface area (Å²) >= 11 is 3.46. The number of carbonyl (C=O) groups excluding carboxylic acids is 1. The maximum absolute atomic E-state index is 11.9. The van der Waals surface area contributed by atoms with E-state index in [1.807, 2.05) is 12.1 Å². The number of furan rings is 1. The minimum absolute atomic E-state index is 0.0942. The zero-order chi connectivity index (χ0) is 15.0. The van der Waals surface area contributed by atoms with Crippen molar-refractivity contribution in [3.8, 4) is 0 Å². The number of alkyl halides is 1. The molecule has 3 rings (SSSR count). The Labute approximate surface area is 128 Å². The molecule has 1 aliphatic heterocycles. The lowest BCUT2D eigenvalue weighted by Gasteiger charge is -2.18. The third-order valence-electron chi connectivity index (χ3n) is 3.39. The van der Waals surface area contributed by atoms with Gasteiger partial charge in [-0.1, -0.05) is 28.1 Å². The van der Waals surface area contributed by atoms with Crippen molar-refractivity contribution in [1.29, 1.82) is 0 Å². The third-order valence-corrected chi connectivity index (χ3v) is 4.37. The maximum atomic E-state index is 11.9. The highest BCUT2D eigenvalue weighted by Crippen LogP contribution is 2.34. The van der Waals surface area contributed by atoms with Crippen LogP contribution in [0.5, 0.6) is 0 Å². The number of benzene rings is 1. The lowest BCUT2D eigenvalue weighted by atomic mass is 9.96. The number of rotatable bonds is 3. The van der Waals surface area contributed by atoms with Gasteiger partial charge in [-0.25, -0.2) is 0 Å². The van der Waals surface area contributed by atoms with Gasteiger partial charge in [-0.2, -0.15) is 0 Å². The van der Waals surface area contributed by atoms with Crippen molar-refractivity contribution in [2.75, 3.05) is 6.54 Å². The number of halogens is 1. The highest BCUT2D eigenvalue weighted by molar-refractivity contribution is 9.09. The van der Waals surface area contributed by atoms with Crippen molar-refractivity contribution in [1.82, 2.24) is 5.32 Å². The number of hydrogen-bond donors (Lipinski definition) is 1. The molecule has 0 aliphatic carbocycles. The number of hydrogen-bond acceptors (Lipinski definition) is 4. The van der Waals surface area contributed by atoms with Crippen LogP contribution in [0.4, 0.5) is 5.88 Å². The standard InChI is InChI=1S/C14H11BrN2O4/c15-13(11-3-4-12(21-11)17(19)20)9-2-1-8-5-6-16-14(18)10(8)7-9/h1-4,7,13H,5-6H2,(H,16,18). The maximum Gasteiger partial charge on any atom is 0.433 e. The smallest absolute Gasteiger partial charge is 0.404 e. The molecule has 108 valence electrons. The molecule has 0 spiro atoms. The van der Waals surface area contributed by atoms with Crippen molar-refractivity contribution in [3.63, 3.8) is 0 Å². The Balaban J connectivity index is 1.94. The number of nitro groups is 1. The van der Waals surface area contributed by atoms with Crippen molar-refractivity contribution in [2.24, 2.45) is 0 Å². The molecule has 1 aliphatic rings. The Kier molecular flexibility index (Phi) is 3.50. The Bertz CT molecular complexity index is 726. The molecule has 6 nitrogen and oxygen atoms in total. The van der Waals surface area contributed by atoms with Crippen molar-refractivity contribution in [2.45, 2.75) is 11.2 Å². The second-order valence-corrected chi connectivity index (χ2v) is 5.63. The van der Waals surface area contributed by atoms with E-state index in [9.17, 15) is 14.9 Å². The van der Waals surface area contributed by atoms with Crippen LogP contribution in [0.2, 0.25) is 0 Å². The van der Waals surface area contributed by atoms with Gasteiger partial charge in [0.25, 0.3) is 5.91 Å². The summed E-state index contributed by atoms with van der Waals surface area (Å²) in [5, 5.41) is 13.4. The second kappa shape index (κ2) is 5.33. The van der Waals surface area contributed by atoms with E-state index in [4.69, 9.17) is 4.42 Å². The Morgan fingerprint density at radius 3 is 2.86 bits per heavy atom. The third kappa shape index (κ3) is 2.56. The molecular weight excluding hydrogens is 340 g/mol. The molecule has 0 saturated carbocycles. The molecule has 1 amide bonds. The monoisotopic (exact) mass is 350 g/mol. The molecule has 0 radical (unpaired) electrons. The highest BCUT2D eigenvalue weighted by Gasteiger charge is 2.22. The van der Waals surface area contributed by atoms with E-state index in [0.717, 1.165) is 17.5 Å². The summed E-state index contributed by atoms with van der Waals surface area (Å²) in [6.07, 6.45) is 0.806. The SMILES string of the molecule is O=C1NCCc2ccc(C(Br)c3ccc([N+](=O)[O-])o3)cc21. The number of carbonyl (C=O) groups is 1. The highest BCUT2D eigenvalue weighted by atomic mass is 79.9. The predicted octanol–water partition coefficient (Wildman–Crippen LogP) is 2.96. The molecule has 21 heavy (non-hydrogen) atoms. The van der Waals surface area contributed by atoms with E-state index in [1.54, 1.807) is 12.1 Å². The van der Waals surface area contributed by atoms with Gasteiger partial charge in [0, 0.05) is 12.1 Å². The molecule has 0 saturated heterocycles. The number of fused-ring (bicyclic) bond motifs is 1. The number of amides is 1. The molecular formula is C14H11BrN2O4. The molecule has 7 heteroatoms. The molecule has 1 unspecified atom stereocenters. The zero-order valence-corrected chi connectivity index (χ0v) is 12.4. The van der Waals surface area contributed by atoms with Crippen LogP contribution in [-0.4, -0.2) is 17.4 Å². The summed E-state index contributed by atoms with van der Waals surface area (Å²) in [6.45, 7) is 0.646. The van der Waals surface area contributed by atoms with Crippen LogP contribution in [0.25, 0.3) is 0 Å². The van der Waals surface area contributed by atoms with Gasteiger partial charge in [-0.05, 0) is 29.7 Å². The molecule has 1 aromatic heterocycles. The van der Waals surface area contributed by atoms with Crippen molar-refractivity contribution >= 4 is 27.7 Å². The van der Waals surface area contributed by atoms with E-state index < -0.39 is 4.92 Å². The van der Waals surface area contributed by atoms with E-state index in [2.05, 4.69) is 21.2 Å². The van der Waals surface area contributed by atoms with Gasteiger partial charge in [-0.15, -0.1) is 0 Å². The van der Waals surface area contributed by atoms with Gasteiger partial charge < -0.3 is 9.73 Å². The molecule has 1 N–H and O–H groups in total. The zero-order valence-electron chi connectivity index (χ0n) is 10.8. The van der Waals surface area contributed by atoms with E-state index in [0.29, 0.717) is 17.9 Å². The van der Waals surface area contributed by atoms with Crippen LogP contribution >= 0.6 is 15.9 Å². The molecule has 2 heterocycles. The summed E-state index contributed by atoms with van der Waals surface area (Å²) in [7, 11) is 0. The Morgan fingerprint density at radius 1 is 1.33 bits per heavy atom. The molecule has 0 bridgehead atoms. The average Bonchev–Trinajstić information content (AvgIpc) is 2.97. The number of nitrogens with one attached hydrogen (secondary N) is 1. The first kappa shape index (κ1) is 13.8. The van der Waals surface area contributed by atoms with Crippen LogP contribution in [0, 0.1) is 10.1 Å². The largest absolute Gasteiger partial charge is 0.433 e. The summed E-state index contributed by atoms with van der Waals surface area (Å²) < 4.78 is 5.19. The second-order valence-electron chi connectivity index (χ2n) is 4.72. The first-order valence-electron chi connectivity index (χ1n) is 6.35. The quantitative estimate of drug-likeness (QED) is 0.523. The van der Waals surface area contributed by atoms with Gasteiger partial charge in [-0.3, -0.25) is 14.9 Å². The van der Waals surface area contributed by atoms with Crippen molar-refractivity contribution in [3.05, 3.63) is 62.9 Å². The summed E-state index contributed by atoms with van der Waals surface area (Å²) in [6, 6.07) is 8.46. The first-order chi connectivity index (χ1) is 10.1. The van der Waals surface area contributed by atoms with Crippen LogP contribution in [-0.2, 0) is 6.42 Å². The lowest BCUT2D eigenvalue weighted by molar-refractivity contribution is -0.402. The lowest BCUT2D eigenvalue weighted by Crippen LogP contribution is -2.31. The van der Waals surface area contributed by atoms with Gasteiger partial charge in [0.2, 0.25) is 0 Å². The predicted molar refractivity (Wildman–Crippen MR) is 78.6 cm³/mol. The molecule has 2 aromatic rings. The first-order valence-corrected chi connectivity index (χ1v) is 7.27. The summed E-state index contributed by atoms with van der Waals surface area (Å²) in [4.78, 5) is 21.6. The minimum atomic E-state index is -0.580. The van der Waals surface area contributed by atoms with E-state index in [1.165, 1.54) is 6.07 Å². The Morgan fingerprint density at radius 2 is 2.14 bits per heavy atom. The average molecular weight is 351 g/mol. The van der Waals surface area contributed by atoms with Gasteiger partial charge in [0.05, 0.1) is 10.9 Å². The molecule has 1 aromatic carbocycles.